The van der Waals surface area contributed by atoms with Crippen LogP contribution in [0.25, 0.3) is 0 Å². The standard InChI is InChI=1S/C11H13BrO2/c12-10-4-1-3-9(7-10)8-11(14)5-2-6-13/h1,3-4,7,13H,2,5-6,8H2. The summed E-state index contributed by atoms with van der Waals surface area (Å²) in [6, 6.07) is 7.72. The molecule has 0 unspecified atom stereocenters. The van der Waals surface area contributed by atoms with Gasteiger partial charge in [0.2, 0.25) is 0 Å². The van der Waals surface area contributed by atoms with Gasteiger partial charge < -0.3 is 5.11 Å². The van der Waals surface area contributed by atoms with Gasteiger partial charge in [0, 0.05) is 23.9 Å². The SMILES string of the molecule is O=C(CCCO)Cc1cccc(Br)c1. The molecule has 0 heterocycles. The number of benzene rings is 1. The molecule has 1 aromatic carbocycles. The molecule has 14 heavy (non-hydrogen) atoms. The minimum Gasteiger partial charge on any atom is -0.396 e. The van der Waals surface area contributed by atoms with E-state index < -0.39 is 0 Å². The second kappa shape index (κ2) is 5.94. The van der Waals surface area contributed by atoms with Crippen molar-refractivity contribution in [2.45, 2.75) is 19.3 Å². The van der Waals surface area contributed by atoms with Crippen molar-refractivity contribution in [2.75, 3.05) is 6.61 Å². The summed E-state index contributed by atoms with van der Waals surface area (Å²) in [4.78, 5) is 11.4. The van der Waals surface area contributed by atoms with Crippen LogP contribution in [0.5, 0.6) is 0 Å². The van der Waals surface area contributed by atoms with E-state index in [1.807, 2.05) is 24.3 Å². The molecular weight excluding hydrogens is 244 g/mol. The largest absolute Gasteiger partial charge is 0.396 e. The number of halogens is 1. The Bertz CT molecular complexity index is 310. The quantitative estimate of drug-likeness (QED) is 0.879. The summed E-state index contributed by atoms with van der Waals surface area (Å²) in [5.41, 5.74) is 1.02. The third-order valence-corrected chi connectivity index (χ3v) is 2.40. The first-order valence-electron chi connectivity index (χ1n) is 4.59. The molecule has 0 aliphatic rings. The Morgan fingerprint density at radius 1 is 1.43 bits per heavy atom. The number of hydrogen-bond acceptors (Lipinski definition) is 2. The van der Waals surface area contributed by atoms with Crippen LogP contribution in [0.3, 0.4) is 0 Å². The van der Waals surface area contributed by atoms with E-state index >= 15 is 0 Å². The molecule has 0 amide bonds. The molecule has 3 heteroatoms. The van der Waals surface area contributed by atoms with Crippen LogP contribution in [-0.2, 0) is 11.2 Å². The molecule has 0 aliphatic carbocycles. The fourth-order valence-corrected chi connectivity index (χ4v) is 1.69. The minimum atomic E-state index is 0.0875. The summed E-state index contributed by atoms with van der Waals surface area (Å²) in [7, 11) is 0. The van der Waals surface area contributed by atoms with Gasteiger partial charge in [-0.3, -0.25) is 4.79 Å². The van der Waals surface area contributed by atoms with E-state index in [4.69, 9.17) is 5.11 Å². The van der Waals surface area contributed by atoms with Gasteiger partial charge in [-0.1, -0.05) is 28.1 Å². The second-order valence-corrected chi connectivity index (χ2v) is 4.09. The van der Waals surface area contributed by atoms with Gasteiger partial charge in [-0.05, 0) is 24.1 Å². The van der Waals surface area contributed by atoms with Crippen molar-refractivity contribution in [1.29, 1.82) is 0 Å². The average Bonchev–Trinajstić information content (AvgIpc) is 2.15. The van der Waals surface area contributed by atoms with Crippen LogP contribution in [-0.4, -0.2) is 17.5 Å². The molecule has 0 atom stereocenters. The molecule has 2 nitrogen and oxygen atoms in total. The zero-order valence-electron chi connectivity index (χ0n) is 7.87. The number of aliphatic hydroxyl groups excluding tert-OH is 1. The smallest absolute Gasteiger partial charge is 0.137 e. The summed E-state index contributed by atoms with van der Waals surface area (Å²) in [6.45, 7) is 0.0875. The Morgan fingerprint density at radius 3 is 2.86 bits per heavy atom. The molecule has 0 saturated heterocycles. The van der Waals surface area contributed by atoms with Crippen LogP contribution < -0.4 is 0 Å². The van der Waals surface area contributed by atoms with Gasteiger partial charge >= 0.3 is 0 Å². The molecule has 1 aromatic rings. The van der Waals surface area contributed by atoms with Crippen LogP contribution in [0.2, 0.25) is 0 Å². The van der Waals surface area contributed by atoms with Crippen LogP contribution >= 0.6 is 15.9 Å². The topological polar surface area (TPSA) is 37.3 Å². The van der Waals surface area contributed by atoms with E-state index in [2.05, 4.69) is 15.9 Å². The van der Waals surface area contributed by atoms with Crippen molar-refractivity contribution in [2.24, 2.45) is 0 Å². The van der Waals surface area contributed by atoms with E-state index in [0.717, 1.165) is 10.0 Å². The lowest BCUT2D eigenvalue weighted by atomic mass is 10.1. The first-order chi connectivity index (χ1) is 6.72. The van der Waals surface area contributed by atoms with E-state index in [1.54, 1.807) is 0 Å². The Morgan fingerprint density at radius 2 is 2.21 bits per heavy atom. The lowest BCUT2D eigenvalue weighted by Gasteiger charge is -2.00. The lowest BCUT2D eigenvalue weighted by Crippen LogP contribution is -2.03. The van der Waals surface area contributed by atoms with Crippen molar-refractivity contribution >= 4 is 21.7 Å². The number of carbonyl (C=O) groups excluding carboxylic acids is 1. The van der Waals surface area contributed by atoms with Crippen molar-refractivity contribution in [1.82, 2.24) is 0 Å². The maximum absolute atomic E-state index is 11.4. The maximum Gasteiger partial charge on any atom is 0.137 e. The van der Waals surface area contributed by atoms with Crippen molar-refractivity contribution in [3.63, 3.8) is 0 Å². The third kappa shape index (κ3) is 4.03. The molecular formula is C11H13BrO2. The van der Waals surface area contributed by atoms with Gasteiger partial charge in [0.05, 0.1) is 0 Å². The minimum absolute atomic E-state index is 0.0875. The maximum atomic E-state index is 11.4. The Labute approximate surface area is 92.1 Å². The zero-order valence-corrected chi connectivity index (χ0v) is 9.46. The first kappa shape index (κ1) is 11.4. The number of ketones is 1. The third-order valence-electron chi connectivity index (χ3n) is 1.90. The van der Waals surface area contributed by atoms with Crippen LogP contribution in [0, 0.1) is 0 Å². The highest BCUT2D eigenvalue weighted by atomic mass is 79.9. The first-order valence-corrected chi connectivity index (χ1v) is 5.38. The van der Waals surface area contributed by atoms with Gasteiger partial charge in [-0.15, -0.1) is 0 Å². The van der Waals surface area contributed by atoms with Gasteiger partial charge in [0.25, 0.3) is 0 Å². The summed E-state index contributed by atoms with van der Waals surface area (Å²) < 4.78 is 0.991. The van der Waals surface area contributed by atoms with Crippen LogP contribution in [0.4, 0.5) is 0 Å². The Balaban J connectivity index is 2.47. The van der Waals surface area contributed by atoms with Gasteiger partial charge in [0.1, 0.15) is 5.78 Å². The van der Waals surface area contributed by atoms with E-state index in [1.165, 1.54) is 0 Å². The normalized spacial score (nSPS) is 10.1. The highest BCUT2D eigenvalue weighted by Gasteiger charge is 2.03. The van der Waals surface area contributed by atoms with E-state index in [0.29, 0.717) is 19.3 Å². The Kier molecular flexibility index (Phi) is 4.84. The summed E-state index contributed by atoms with van der Waals surface area (Å²) in [5.74, 6) is 0.178. The highest BCUT2D eigenvalue weighted by molar-refractivity contribution is 9.10. The molecule has 76 valence electrons. The fourth-order valence-electron chi connectivity index (χ4n) is 1.24. The summed E-state index contributed by atoms with van der Waals surface area (Å²) in [6.07, 6.45) is 1.48. The molecule has 1 rings (SSSR count). The molecule has 0 aliphatic heterocycles. The van der Waals surface area contributed by atoms with Crippen molar-refractivity contribution in [3.05, 3.63) is 34.3 Å². The molecule has 0 aromatic heterocycles. The summed E-state index contributed by atoms with van der Waals surface area (Å²) >= 11 is 3.35. The predicted molar refractivity (Wildman–Crippen MR) is 59.2 cm³/mol. The van der Waals surface area contributed by atoms with E-state index in [-0.39, 0.29) is 12.4 Å². The number of hydrogen-bond donors (Lipinski definition) is 1. The molecule has 0 saturated carbocycles. The molecule has 0 spiro atoms. The Hall–Kier alpha value is -0.670. The average molecular weight is 257 g/mol. The zero-order chi connectivity index (χ0) is 10.4. The van der Waals surface area contributed by atoms with Crippen LogP contribution in [0.15, 0.2) is 28.7 Å². The molecule has 1 N–H and O–H groups in total. The molecule has 0 bridgehead atoms. The monoisotopic (exact) mass is 256 g/mol. The van der Waals surface area contributed by atoms with Gasteiger partial charge in [-0.2, -0.15) is 0 Å². The second-order valence-electron chi connectivity index (χ2n) is 3.17. The van der Waals surface area contributed by atoms with Crippen molar-refractivity contribution < 1.29 is 9.90 Å². The number of rotatable bonds is 5. The molecule has 0 fully saturated rings. The van der Waals surface area contributed by atoms with Gasteiger partial charge in [0.15, 0.2) is 0 Å². The highest BCUT2D eigenvalue weighted by Crippen LogP contribution is 2.12. The predicted octanol–water partition coefficient (Wildman–Crippen LogP) is 2.33. The van der Waals surface area contributed by atoms with Crippen LogP contribution in [0.1, 0.15) is 18.4 Å². The number of Topliss-reactive ketones (excluding diaryl/α,β-unsaturated/α-hetero) is 1. The summed E-state index contributed by atoms with van der Waals surface area (Å²) in [5, 5.41) is 8.57. The van der Waals surface area contributed by atoms with E-state index in [9.17, 15) is 4.79 Å². The van der Waals surface area contributed by atoms with Crippen molar-refractivity contribution in [3.8, 4) is 0 Å². The number of aliphatic hydroxyl groups is 1. The van der Waals surface area contributed by atoms with Gasteiger partial charge in [-0.25, -0.2) is 0 Å². The number of carbonyl (C=O) groups is 1. The lowest BCUT2D eigenvalue weighted by molar-refractivity contribution is -0.118. The fraction of sp³-hybridized carbons (Fsp3) is 0.364. The molecule has 0 radical (unpaired) electrons.